The van der Waals surface area contributed by atoms with Crippen LogP contribution in [0.5, 0.6) is 0 Å². The largest absolute Gasteiger partial charge is 0.311 e. The van der Waals surface area contributed by atoms with Gasteiger partial charge in [-0.05, 0) is 44.4 Å². The first-order valence-electron chi connectivity index (χ1n) is 5.62. The van der Waals surface area contributed by atoms with Crippen molar-refractivity contribution in [2.45, 2.75) is 45.7 Å². The number of benzene rings is 1. The smallest absolute Gasteiger partial charge is 0.123 e. The Morgan fingerprint density at radius 1 is 1.13 bits per heavy atom. The maximum atomic E-state index is 12.7. The van der Waals surface area contributed by atoms with Crippen LogP contribution in [0.25, 0.3) is 0 Å². The van der Waals surface area contributed by atoms with E-state index in [4.69, 9.17) is 0 Å². The number of nitrogens with one attached hydrogen (secondary N) is 1. The highest BCUT2D eigenvalue weighted by atomic mass is 19.1. The van der Waals surface area contributed by atoms with Gasteiger partial charge < -0.3 is 5.32 Å². The number of halogens is 1. The van der Waals surface area contributed by atoms with E-state index in [0.29, 0.717) is 12.1 Å². The lowest BCUT2D eigenvalue weighted by Crippen LogP contribution is -2.35. The van der Waals surface area contributed by atoms with Crippen LogP contribution in [0, 0.1) is 5.82 Å². The van der Waals surface area contributed by atoms with Crippen molar-refractivity contribution in [1.82, 2.24) is 5.32 Å². The fourth-order valence-electron chi connectivity index (χ4n) is 1.64. The minimum Gasteiger partial charge on any atom is -0.311 e. The van der Waals surface area contributed by atoms with Crippen molar-refractivity contribution in [1.29, 1.82) is 0 Å². The Kier molecular flexibility index (Phi) is 4.76. The predicted octanol–water partition coefficient (Wildman–Crippen LogP) is 3.14. The summed E-state index contributed by atoms with van der Waals surface area (Å²) in [6.07, 6.45) is 2.08. The second kappa shape index (κ2) is 5.86. The molecule has 0 aliphatic heterocycles. The van der Waals surface area contributed by atoms with Crippen molar-refractivity contribution in [2.75, 3.05) is 0 Å². The first-order chi connectivity index (χ1) is 7.11. The van der Waals surface area contributed by atoms with E-state index in [1.54, 1.807) is 0 Å². The molecular formula is C13H20FN. The van der Waals surface area contributed by atoms with E-state index in [1.165, 1.54) is 17.7 Å². The summed E-state index contributed by atoms with van der Waals surface area (Å²) in [5, 5.41) is 3.50. The molecule has 0 saturated heterocycles. The number of hydrogen-bond acceptors (Lipinski definition) is 1. The van der Waals surface area contributed by atoms with E-state index in [9.17, 15) is 4.39 Å². The van der Waals surface area contributed by atoms with Crippen LogP contribution in [0.2, 0.25) is 0 Å². The topological polar surface area (TPSA) is 12.0 Å². The zero-order valence-corrected chi connectivity index (χ0v) is 9.76. The Bertz CT molecular complexity index is 281. The van der Waals surface area contributed by atoms with Crippen molar-refractivity contribution in [3.8, 4) is 0 Å². The maximum absolute atomic E-state index is 12.7. The Morgan fingerprint density at radius 3 is 2.27 bits per heavy atom. The molecule has 2 unspecified atom stereocenters. The molecule has 0 fully saturated rings. The molecule has 1 nitrogen and oxygen atoms in total. The van der Waals surface area contributed by atoms with Crippen molar-refractivity contribution in [3.63, 3.8) is 0 Å². The molecule has 1 N–H and O–H groups in total. The Balaban J connectivity index is 2.44. The summed E-state index contributed by atoms with van der Waals surface area (Å²) in [4.78, 5) is 0. The minimum absolute atomic E-state index is 0.165. The monoisotopic (exact) mass is 209 g/mol. The van der Waals surface area contributed by atoms with Gasteiger partial charge in [0.05, 0.1) is 0 Å². The van der Waals surface area contributed by atoms with Gasteiger partial charge in [0.2, 0.25) is 0 Å². The molecule has 0 saturated carbocycles. The molecule has 0 bridgehead atoms. The van der Waals surface area contributed by atoms with Gasteiger partial charge in [0.15, 0.2) is 0 Å². The molecule has 0 radical (unpaired) electrons. The molecule has 84 valence electrons. The predicted molar refractivity (Wildman–Crippen MR) is 62.5 cm³/mol. The lowest BCUT2D eigenvalue weighted by Gasteiger charge is -2.18. The summed E-state index contributed by atoms with van der Waals surface area (Å²) in [5.41, 5.74) is 1.18. The van der Waals surface area contributed by atoms with Crippen molar-refractivity contribution in [3.05, 3.63) is 35.6 Å². The molecule has 2 atom stereocenters. The van der Waals surface area contributed by atoms with Gasteiger partial charge in [0.25, 0.3) is 0 Å². The van der Waals surface area contributed by atoms with Crippen LogP contribution in [0.4, 0.5) is 4.39 Å². The van der Waals surface area contributed by atoms with Crippen molar-refractivity contribution >= 4 is 0 Å². The fraction of sp³-hybridized carbons (Fsp3) is 0.538. The second-order valence-electron chi connectivity index (χ2n) is 4.21. The standard InChI is InChI=1S/C13H20FN/c1-4-10(2)15-11(3)9-12-5-7-13(14)8-6-12/h5-8,10-11,15H,4,9H2,1-3H3. The van der Waals surface area contributed by atoms with Gasteiger partial charge in [-0.3, -0.25) is 0 Å². The first-order valence-corrected chi connectivity index (χ1v) is 5.62. The van der Waals surface area contributed by atoms with Crippen LogP contribution in [0.3, 0.4) is 0 Å². The molecule has 0 aliphatic carbocycles. The van der Waals surface area contributed by atoms with Gasteiger partial charge in [-0.1, -0.05) is 19.1 Å². The molecular weight excluding hydrogens is 189 g/mol. The van der Waals surface area contributed by atoms with Crippen LogP contribution in [-0.2, 0) is 6.42 Å². The van der Waals surface area contributed by atoms with Crippen molar-refractivity contribution < 1.29 is 4.39 Å². The van der Waals surface area contributed by atoms with Gasteiger partial charge in [-0.15, -0.1) is 0 Å². The molecule has 0 spiro atoms. The Labute approximate surface area is 91.7 Å². The lowest BCUT2D eigenvalue weighted by molar-refractivity contribution is 0.455. The zero-order valence-electron chi connectivity index (χ0n) is 9.76. The fourth-order valence-corrected chi connectivity index (χ4v) is 1.64. The third-order valence-corrected chi connectivity index (χ3v) is 2.64. The van der Waals surface area contributed by atoms with E-state index in [-0.39, 0.29) is 5.82 Å². The lowest BCUT2D eigenvalue weighted by atomic mass is 10.1. The molecule has 0 aliphatic rings. The minimum atomic E-state index is -0.165. The van der Waals surface area contributed by atoms with E-state index in [0.717, 1.165) is 12.8 Å². The SMILES string of the molecule is CCC(C)NC(C)Cc1ccc(F)cc1. The third-order valence-electron chi connectivity index (χ3n) is 2.64. The molecule has 0 amide bonds. The number of hydrogen-bond donors (Lipinski definition) is 1. The molecule has 1 aromatic carbocycles. The molecule has 2 heteroatoms. The van der Waals surface area contributed by atoms with Crippen LogP contribution < -0.4 is 5.32 Å². The molecule has 0 aromatic heterocycles. The van der Waals surface area contributed by atoms with E-state index in [2.05, 4.69) is 26.1 Å². The van der Waals surface area contributed by atoms with E-state index < -0.39 is 0 Å². The highest BCUT2D eigenvalue weighted by Gasteiger charge is 2.06. The second-order valence-corrected chi connectivity index (χ2v) is 4.21. The first kappa shape index (κ1) is 12.2. The van der Waals surface area contributed by atoms with Crippen LogP contribution in [-0.4, -0.2) is 12.1 Å². The van der Waals surface area contributed by atoms with Gasteiger partial charge in [0.1, 0.15) is 5.82 Å². The normalized spacial score (nSPS) is 14.9. The van der Waals surface area contributed by atoms with Gasteiger partial charge in [-0.25, -0.2) is 4.39 Å². The average Bonchev–Trinajstić information content (AvgIpc) is 2.21. The Morgan fingerprint density at radius 2 is 1.73 bits per heavy atom. The summed E-state index contributed by atoms with van der Waals surface area (Å²) < 4.78 is 12.7. The molecule has 15 heavy (non-hydrogen) atoms. The van der Waals surface area contributed by atoms with Gasteiger partial charge in [-0.2, -0.15) is 0 Å². The van der Waals surface area contributed by atoms with E-state index in [1.807, 2.05) is 12.1 Å². The quantitative estimate of drug-likeness (QED) is 0.785. The average molecular weight is 209 g/mol. The zero-order chi connectivity index (χ0) is 11.3. The molecule has 0 heterocycles. The van der Waals surface area contributed by atoms with Crippen LogP contribution in [0.15, 0.2) is 24.3 Å². The van der Waals surface area contributed by atoms with Gasteiger partial charge >= 0.3 is 0 Å². The van der Waals surface area contributed by atoms with E-state index >= 15 is 0 Å². The highest BCUT2D eigenvalue weighted by Crippen LogP contribution is 2.06. The van der Waals surface area contributed by atoms with Gasteiger partial charge in [0, 0.05) is 12.1 Å². The summed E-state index contributed by atoms with van der Waals surface area (Å²) >= 11 is 0. The molecule has 1 aromatic rings. The third kappa shape index (κ3) is 4.43. The van der Waals surface area contributed by atoms with Crippen LogP contribution >= 0.6 is 0 Å². The highest BCUT2D eigenvalue weighted by molar-refractivity contribution is 5.17. The summed E-state index contributed by atoms with van der Waals surface area (Å²) in [6.45, 7) is 6.51. The van der Waals surface area contributed by atoms with Crippen LogP contribution in [0.1, 0.15) is 32.8 Å². The Hall–Kier alpha value is -0.890. The summed E-state index contributed by atoms with van der Waals surface area (Å²) in [5.74, 6) is -0.165. The van der Waals surface area contributed by atoms with Crippen molar-refractivity contribution in [2.24, 2.45) is 0 Å². The summed E-state index contributed by atoms with van der Waals surface area (Å²) in [6, 6.07) is 7.72. The maximum Gasteiger partial charge on any atom is 0.123 e. The summed E-state index contributed by atoms with van der Waals surface area (Å²) in [7, 11) is 0. The molecule has 1 rings (SSSR count). The number of rotatable bonds is 5.